The molecule has 8 nitrogen and oxygen atoms in total. The minimum Gasteiger partial charge on any atom is -0.480 e. The van der Waals surface area contributed by atoms with Gasteiger partial charge in [-0.05, 0) is 27.7 Å². The fourth-order valence-corrected chi connectivity index (χ4v) is 4.50. The number of fused-ring (bicyclic) bond motifs is 3. The summed E-state index contributed by atoms with van der Waals surface area (Å²) in [5, 5.41) is 11.5. The number of likely N-dealkylation sites (tertiary alicyclic amines) is 1. The molecule has 1 saturated heterocycles. The number of ether oxygens (including phenoxy) is 2. The van der Waals surface area contributed by atoms with Gasteiger partial charge in [0.25, 0.3) is 0 Å². The van der Waals surface area contributed by atoms with Crippen molar-refractivity contribution in [1.82, 2.24) is 10.2 Å². The number of carboxylic acid groups (broad SMARTS) is 1. The fraction of sp³-hybridized carbons (Fsp3) is 0.423. The molecule has 0 unspecified atom stereocenters. The maximum absolute atomic E-state index is 13.1. The topological polar surface area (TPSA) is 105 Å². The van der Waals surface area contributed by atoms with E-state index in [1.807, 2.05) is 45.0 Å². The van der Waals surface area contributed by atoms with Crippen molar-refractivity contribution in [2.75, 3.05) is 26.3 Å². The average molecular weight is 467 g/mol. The second-order valence-electron chi connectivity index (χ2n) is 9.84. The molecule has 1 heterocycles. The number of alkyl carbamates (subject to hydrolysis) is 1. The molecule has 1 aliphatic heterocycles. The molecule has 1 atom stereocenters. The molecule has 2 aromatic rings. The maximum atomic E-state index is 13.1. The van der Waals surface area contributed by atoms with Gasteiger partial charge in [0.2, 0.25) is 5.91 Å². The van der Waals surface area contributed by atoms with Crippen LogP contribution in [0.3, 0.4) is 0 Å². The highest BCUT2D eigenvalue weighted by molar-refractivity contribution is 5.87. The van der Waals surface area contributed by atoms with Crippen molar-refractivity contribution < 1.29 is 29.0 Å². The van der Waals surface area contributed by atoms with E-state index in [1.165, 1.54) is 0 Å². The summed E-state index contributed by atoms with van der Waals surface area (Å²) in [7, 11) is 0. The smallest absolute Gasteiger partial charge is 0.407 e. The lowest BCUT2D eigenvalue weighted by atomic mass is 9.85. The van der Waals surface area contributed by atoms with Crippen LogP contribution in [0.1, 0.15) is 37.8 Å². The first-order chi connectivity index (χ1) is 16.1. The fourth-order valence-electron chi connectivity index (χ4n) is 4.50. The van der Waals surface area contributed by atoms with E-state index in [2.05, 4.69) is 29.6 Å². The highest BCUT2D eigenvalue weighted by Gasteiger charge is 2.41. The molecule has 4 rings (SSSR count). The van der Waals surface area contributed by atoms with Gasteiger partial charge in [-0.2, -0.15) is 0 Å². The molecule has 2 amide bonds. The van der Waals surface area contributed by atoms with E-state index in [0.717, 1.165) is 22.3 Å². The van der Waals surface area contributed by atoms with E-state index in [-0.39, 0.29) is 24.5 Å². The van der Waals surface area contributed by atoms with E-state index < -0.39 is 30.1 Å². The summed E-state index contributed by atoms with van der Waals surface area (Å²) in [4.78, 5) is 38.0. The summed E-state index contributed by atoms with van der Waals surface area (Å²) in [5.41, 5.74) is 3.98. The van der Waals surface area contributed by atoms with Crippen molar-refractivity contribution in [3.63, 3.8) is 0 Å². The molecular weight excluding hydrogens is 436 g/mol. The molecule has 2 aliphatic rings. The van der Waals surface area contributed by atoms with Crippen molar-refractivity contribution in [1.29, 1.82) is 0 Å². The lowest BCUT2D eigenvalue weighted by molar-refractivity contribution is -0.156. The van der Waals surface area contributed by atoms with Crippen molar-refractivity contribution in [3.8, 4) is 11.1 Å². The van der Waals surface area contributed by atoms with Crippen LogP contribution in [0.15, 0.2) is 48.5 Å². The van der Waals surface area contributed by atoms with E-state index in [1.54, 1.807) is 4.90 Å². The third-order valence-electron chi connectivity index (χ3n) is 6.32. The van der Waals surface area contributed by atoms with Gasteiger partial charge in [0.05, 0.1) is 6.10 Å². The maximum Gasteiger partial charge on any atom is 0.407 e. The van der Waals surface area contributed by atoms with Gasteiger partial charge in [-0.3, -0.25) is 4.79 Å². The van der Waals surface area contributed by atoms with Gasteiger partial charge in [0, 0.05) is 19.0 Å². The number of nitrogens with one attached hydrogen (secondary N) is 1. The van der Waals surface area contributed by atoms with Gasteiger partial charge in [0.1, 0.15) is 19.3 Å². The Kier molecular flexibility index (Phi) is 6.61. The summed E-state index contributed by atoms with van der Waals surface area (Å²) >= 11 is 0. The first kappa shape index (κ1) is 23.8. The lowest BCUT2D eigenvalue weighted by Crippen LogP contribution is -2.62. The third kappa shape index (κ3) is 4.92. The van der Waals surface area contributed by atoms with Gasteiger partial charge < -0.3 is 24.8 Å². The number of hydrogen-bond acceptors (Lipinski definition) is 5. The zero-order valence-corrected chi connectivity index (χ0v) is 19.6. The minimum absolute atomic E-state index is 0.0653. The first-order valence-electron chi connectivity index (χ1n) is 11.4. The molecule has 1 fully saturated rings. The summed E-state index contributed by atoms with van der Waals surface area (Å²) in [6.45, 7) is 5.98. The Balaban J connectivity index is 1.37. The summed E-state index contributed by atoms with van der Waals surface area (Å²) in [5.74, 6) is -1.35. The summed E-state index contributed by atoms with van der Waals surface area (Å²) in [6.07, 6.45) is -0.954. The number of rotatable bonds is 7. The molecule has 0 radical (unpaired) electrons. The Morgan fingerprint density at radius 3 is 2.12 bits per heavy atom. The number of carbonyl (C=O) groups is 3. The second-order valence-corrected chi connectivity index (χ2v) is 9.84. The van der Waals surface area contributed by atoms with E-state index in [4.69, 9.17) is 14.6 Å². The molecule has 0 aromatic heterocycles. The van der Waals surface area contributed by atoms with Gasteiger partial charge in [-0.25, -0.2) is 9.59 Å². The molecule has 8 heteroatoms. The molecule has 34 heavy (non-hydrogen) atoms. The summed E-state index contributed by atoms with van der Waals surface area (Å²) < 4.78 is 10.8. The molecule has 1 aliphatic carbocycles. The Bertz CT molecular complexity index is 1040. The van der Waals surface area contributed by atoms with Crippen molar-refractivity contribution in [2.45, 2.75) is 38.8 Å². The normalized spacial score (nSPS) is 16.3. The number of carbonyl (C=O) groups excluding carboxylic acids is 2. The number of nitrogens with zero attached hydrogens (tertiary/aromatic N) is 1. The molecule has 180 valence electrons. The van der Waals surface area contributed by atoms with Gasteiger partial charge in [-0.1, -0.05) is 69.3 Å². The Hall–Kier alpha value is -3.39. The molecule has 0 saturated carbocycles. The van der Waals surface area contributed by atoms with Crippen LogP contribution in [0.2, 0.25) is 0 Å². The predicted molar refractivity (Wildman–Crippen MR) is 125 cm³/mol. The number of aliphatic carboxylic acids is 1. The molecule has 2 N–H and O–H groups in total. The van der Waals surface area contributed by atoms with Crippen molar-refractivity contribution >= 4 is 18.0 Å². The van der Waals surface area contributed by atoms with Crippen LogP contribution in [0.25, 0.3) is 11.1 Å². The highest BCUT2D eigenvalue weighted by Crippen LogP contribution is 2.44. The van der Waals surface area contributed by atoms with Crippen LogP contribution in [0.5, 0.6) is 0 Å². The SMILES string of the molecule is CC(C)(C)[C@@H](NC(=O)OCC1c2ccccc2-c2ccccc21)C(=O)N1CC(OCC(=O)O)C1. The number of benzene rings is 2. The summed E-state index contributed by atoms with van der Waals surface area (Å²) in [6, 6.07) is 15.4. The predicted octanol–water partition coefficient (Wildman–Crippen LogP) is 3.25. The van der Waals surface area contributed by atoms with Crippen LogP contribution in [0, 0.1) is 5.41 Å². The molecule has 0 bridgehead atoms. The largest absolute Gasteiger partial charge is 0.480 e. The monoisotopic (exact) mass is 466 g/mol. The average Bonchev–Trinajstić information content (AvgIpc) is 3.07. The van der Waals surface area contributed by atoms with Gasteiger partial charge >= 0.3 is 12.1 Å². The van der Waals surface area contributed by atoms with Crippen LogP contribution in [-0.2, 0) is 19.1 Å². The van der Waals surface area contributed by atoms with Crippen LogP contribution < -0.4 is 5.32 Å². The van der Waals surface area contributed by atoms with Crippen LogP contribution in [-0.4, -0.2) is 66.4 Å². The first-order valence-corrected chi connectivity index (χ1v) is 11.4. The lowest BCUT2D eigenvalue weighted by Gasteiger charge is -2.42. The quantitative estimate of drug-likeness (QED) is 0.649. The Morgan fingerprint density at radius 1 is 1.03 bits per heavy atom. The van der Waals surface area contributed by atoms with Crippen molar-refractivity contribution in [3.05, 3.63) is 59.7 Å². The van der Waals surface area contributed by atoms with Gasteiger partial charge in [-0.15, -0.1) is 0 Å². The van der Waals surface area contributed by atoms with E-state index >= 15 is 0 Å². The number of amides is 2. The second kappa shape index (κ2) is 9.46. The van der Waals surface area contributed by atoms with Gasteiger partial charge in [0.15, 0.2) is 0 Å². The zero-order chi connectivity index (χ0) is 24.5. The Labute approximate surface area is 198 Å². The highest BCUT2D eigenvalue weighted by atomic mass is 16.5. The Morgan fingerprint density at radius 2 is 1.59 bits per heavy atom. The zero-order valence-electron chi connectivity index (χ0n) is 19.6. The molecular formula is C26H30N2O6. The molecule has 0 spiro atoms. The van der Waals surface area contributed by atoms with Crippen molar-refractivity contribution in [2.24, 2.45) is 5.41 Å². The third-order valence-corrected chi connectivity index (χ3v) is 6.32. The molecule has 2 aromatic carbocycles. The van der Waals surface area contributed by atoms with E-state index in [9.17, 15) is 14.4 Å². The van der Waals surface area contributed by atoms with E-state index in [0.29, 0.717) is 13.1 Å². The van der Waals surface area contributed by atoms with Crippen LogP contribution in [0.4, 0.5) is 4.79 Å². The number of carboxylic acids is 1. The van der Waals surface area contributed by atoms with Crippen LogP contribution >= 0.6 is 0 Å². The number of hydrogen-bond donors (Lipinski definition) is 2. The standard InChI is InChI=1S/C26H30N2O6/c1-26(2,3)23(24(31)28-12-16(13-28)33-15-22(29)30)27-25(32)34-14-21-19-10-6-4-8-17(19)18-9-5-7-11-20(18)21/h4-11,16,21,23H,12-15H2,1-3H3,(H,27,32)(H,29,30)/t23-/m0/s1. The minimum atomic E-state index is -1.05.